The van der Waals surface area contributed by atoms with E-state index in [9.17, 15) is 13.2 Å². The monoisotopic (exact) mass is 400 g/mol. The lowest BCUT2D eigenvalue weighted by Gasteiger charge is -2.26. The molecule has 0 unspecified atom stereocenters. The molecule has 2 aromatic rings. The molecular formula is C20H20N2O5S. The number of rotatable bonds is 3. The summed E-state index contributed by atoms with van der Waals surface area (Å²) in [6.45, 7) is 1.48. The van der Waals surface area contributed by atoms with E-state index in [4.69, 9.17) is 9.47 Å². The lowest BCUT2D eigenvalue weighted by Crippen LogP contribution is -2.30. The molecule has 28 heavy (non-hydrogen) atoms. The van der Waals surface area contributed by atoms with Crippen LogP contribution >= 0.6 is 0 Å². The Morgan fingerprint density at radius 3 is 2.71 bits per heavy atom. The molecule has 146 valence electrons. The van der Waals surface area contributed by atoms with E-state index in [1.165, 1.54) is 0 Å². The fraction of sp³-hybridized carbons (Fsp3) is 0.350. The van der Waals surface area contributed by atoms with Crippen LogP contribution < -0.4 is 14.8 Å². The number of nitrogens with one attached hydrogen (secondary N) is 1. The average molecular weight is 400 g/mol. The Morgan fingerprint density at radius 2 is 1.86 bits per heavy atom. The summed E-state index contributed by atoms with van der Waals surface area (Å²) < 4.78 is 39.5. The minimum Gasteiger partial charge on any atom is -0.486 e. The highest BCUT2D eigenvalue weighted by Gasteiger charge is 2.37. The van der Waals surface area contributed by atoms with Crippen molar-refractivity contribution in [2.24, 2.45) is 0 Å². The largest absolute Gasteiger partial charge is 0.486 e. The van der Waals surface area contributed by atoms with E-state index in [2.05, 4.69) is 5.32 Å². The number of sulfonamides is 1. The number of hydrogen-bond donors (Lipinski definition) is 1. The number of carbonyl (C=O) groups is 1. The molecule has 0 aliphatic carbocycles. The molecule has 3 aliphatic heterocycles. The minimum atomic E-state index is -3.67. The Kier molecular flexibility index (Phi) is 4.06. The number of ether oxygens (including phenoxy) is 2. The van der Waals surface area contributed by atoms with E-state index in [-0.39, 0.29) is 23.3 Å². The van der Waals surface area contributed by atoms with Crippen LogP contribution in [0, 0.1) is 0 Å². The summed E-state index contributed by atoms with van der Waals surface area (Å²) >= 11 is 0. The summed E-state index contributed by atoms with van der Waals surface area (Å²) in [5.74, 6) is 1.24. The Labute approximate surface area is 163 Å². The Balaban J connectivity index is 1.48. The van der Waals surface area contributed by atoms with E-state index >= 15 is 0 Å². The lowest BCUT2D eigenvalue weighted by molar-refractivity contribution is -0.115. The second-order valence-electron chi connectivity index (χ2n) is 7.22. The third-order valence-corrected chi connectivity index (χ3v) is 7.37. The molecule has 1 saturated heterocycles. The molecule has 2 aromatic carbocycles. The van der Waals surface area contributed by atoms with E-state index in [0.29, 0.717) is 36.9 Å². The van der Waals surface area contributed by atoms with Crippen molar-refractivity contribution >= 4 is 21.6 Å². The Hall–Kier alpha value is -2.58. The van der Waals surface area contributed by atoms with Crippen LogP contribution in [0.3, 0.4) is 0 Å². The zero-order valence-electron chi connectivity index (χ0n) is 15.2. The van der Waals surface area contributed by atoms with Gasteiger partial charge in [0, 0.05) is 12.2 Å². The first-order valence-corrected chi connectivity index (χ1v) is 10.8. The number of benzene rings is 2. The molecule has 1 N–H and O–H groups in total. The molecule has 0 bridgehead atoms. The summed E-state index contributed by atoms with van der Waals surface area (Å²) in [4.78, 5) is 11.8. The van der Waals surface area contributed by atoms with Crippen molar-refractivity contribution in [2.75, 3.05) is 25.1 Å². The van der Waals surface area contributed by atoms with E-state index in [1.54, 1.807) is 22.5 Å². The number of fused-ring (bicyclic) bond motifs is 2. The molecule has 0 spiro atoms. The molecule has 0 saturated carbocycles. The van der Waals surface area contributed by atoms with E-state index in [0.717, 1.165) is 24.0 Å². The van der Waals surface area contributed by atoms with Crippen molar-refractivity contribution in [3.05, 3.63) is 47.5 Å². The summed E-state index contributed by atoms with van der Waals surface area (Å²) in [5.41, 5.74) is 2.32. The highest BCUT2D eigenvalue weighted by molar-refractivity contribution is 7.89. The maximum absolute atomic E-state index is 13.4. The van der Waals surface area contributed by atoms with Crippen molar-refractivity contribution in [1.82, 2.24) is 4.31 Å². The maximum atomic E-state index is 13.4. The average Bonchev–Trinajstić information content (AvgIpc) is 3.33. The van der Waals surface area contributed by atoms with Gasteiger partial charge in [0.1, 0.15) is 13.2 Å². The van der Waals surface area contributed by atoms with Gasteiger partial charge in [-0.1, -0.05) is 6.07 Å². The Morgan fingerprint density at radius 1 is 1.04 bits per heavy atom. The van der Waals surface area contributed by atoms with Crippen LogP contribution in [0.15, 0.2) is 41.3 Å². The van der Waals surface area contributed by atoms with Gasteiger partial charge in [-0.2, -0.15) is 4.31 Å². The quantitative estimate of drug-likeness (QED) is 0.856. The zero-order valence-corrected chi connectivity index (χ0v) is 16.0. The second-order valence-corrected chi connectivity index (χ2v) is 9.11. The highest BCUT2D eigenvalue weighted by atomic mass is 32.2. The fourth-order valence-electron chi connectivity index (χ4n) is 4.13. The first-order valence-electron chi connectivity index (χ1n) is 9.36. The number of nitrogens with zero attached hydrogens (tertiary/aromatic N) is 1. The van der Waals surface area contributed by atoms with Crippen molar-refractivity contribution in [3.8, 4) is 11.5 Å². The standard InChI is InChI=1S/C20H20N2O5S/c23-20-12-14-10-15(4-5-16(14)21-20)28(24,25)22-7-1-2-17(22)13-3-6-18-19(11-13)27-9-8-26-18/h3-6,10-11,17H,1-2,7-9,12H2,(H,21,23)/t17-/m0/s1. The smallest absolute Gasteiger partial charge is 0.243 e. The molecule has 3 aliphatic rings. The van der Waals surface area contributed by atoms with Crippen molar-refractivity contribution in [1.29, 1.82) is 0 Å². The molecule has 1 fully saturated rings. The topological polar surface area (TPSA) is 84.9 Å². The van der Waals surface area contributed by atoms with Crippen LogP contribution in [0.1, 0.15) is 30.0 Å². The molecule has 0 aromatic heterocycles. The van der Waals surface area contributed by atoms with E-state index in [1.807, 2.05) is 18.2 Å². The van der Waals surface area contributed by atoms with Gasteiger partial charge in [-0.3, -0.25) is 4.79 Å². The summed E-state index contributed by atoms with van der Waals surface area (Å²) in [6.07, 6.45) is 1.76. The van der Waals surface area contributed by atoms with Gasteiger partial charge in [0.05, 0.1) is 17.4 Å². The zero-order chi connectivity index (χ0) is 19.3. The van der Waals surface area contributed by atoms with Gasteiger partial charge in [0.15, 0.2) is 11.5 Å². The molecule has 0 radical (unpaired) electrons. The molecule has 1 amide bonds. The summed E-state index contributed by atoms with van der Waals surface area (Å²) in [7, 11) is -3.67. The van der Waals surface area contributed by atoms with Crippen LogP contribution in [0.25, 0.3) is 0 Å². The van der Waals surface area contributed by atoms with Gasteiger partial charge < -0.3 is 14.8 Å². The molecule has 1 atom stereocenters. The van der Waals surface area contributed by atoms with Crippen molar-refractivity contribution < 1.29 is 22.7 Å². The van der Waals surface area contributed by atoms with Gasteiger partial charge in [-0.05, 0) is 54.3 Å². The van der Waals surface area contributed by atoms with Gasteiger partial charge in [-0.25, -0.2) is 8.42 Å². The predicted molar refractivity (Wildman–Crippen MR) is 102 cm³/mol. The first kappa shape index (κ1) is 17.5. The lowest BCUT2D eigenvalue weighted by atomic mass is 10.0. The van der Waals surface area contributed by atoms with Gasteiger partial charge in [0.25, 0.3) is 0 Å². The number of anilines is 1. The highest BCUT2D eigenvalue weighted by Crippen LogP contribution is 2.41. The molecule has 8 heteroatoms. The minimum absolute atomic E-state index is 0.111. The van der Waals surface area contributed by atoms with Gasteiger partial charge in [-0.15, -0.1) is 0 Å². The van der Waals surface area contributed by atoms with Crippen LogP contribution in [0.5, 0.6) is 11.5 Å². The number of amides is 1. The summed E-state index contributed by atoms with van der Waals surface area (Å²) in [6, 6.07) is 10.3. The number of hydrogen-bond acceptors (Lipinski definition) is 5. The number of carbonyl (C=O) groups excluding carboxylic acids is 1. The van der Waals surface area contributed by atoms with Gasteiger partial charge in [0.2, 0.25) is 15.9 Å². The van der Waals surface area contributed by atoms with Crippen LogP contribution in [0.4, 0.5) is 5.69 Å². The fourth-order valence-corrected chi connectivity index (χ4v) is 5.86. The van der Waals surface area contributed by atoms with Crippen molar-refractivity contribution in [3.63, 3.8) is 0 Å². The third kappa shape index (κ3) is 2.84. The summed E-state index contributed by atoms with van der Waals surface area (Å²) in [5, 5.41) is 2.74. The van der Waals surface area contributed by atoms with Crippen molar-refractivity contribution in [2.45, 2.75) is 30.2 Å². The van der Waals surface area contributed by atoms with Crippen LogP contribution in [-0.2, 0) is 21.2 Å². The third-order valence-electron chi connectivity index (χ3n) is 5.46. The van der Waals surface area contributed by atoms with Crippen LogP contribution in [0.2, 0.25) is 0 Å². The molecule has 7 nitrogen and oxygen atoms in total. The predicted octanol–water partition coefficient (Wildman–Crippen LogP) is 2.48. The molecule has 5 rings (SSSR count). The SMILES string of the molecule is O=C1Cc2cc(S(=O)(=O)N3CCC[C@H]3c3ccc4c(c3)OCCO4)ccc2N1. The van der Waals surface area contributed by atoms with Crippen LogP contribution in [-0.4, -0.2) is 38.4 Å². The maximum Gasteiger partial charge on any atom is 0.243 e. The van der Waals surface area contributed by atoms with Gasteiger partial charge >= 0.3 is 0 Å². The second kappa shape index (κ2) is 6.49. The Bertz CT molecular complexity index is 1070. The normalized spacial score (nSPS) is 21.4. The first-order chi connectivity index (χ1) is 13.5. The molecule has 3 heterocycles. The molecular weight excluding hydrogens is 380 g/mol. The van der Waals surface area contributed by atoms with E-state index < -0.39 is 10.0 Å².